The van der Waals surface area contributed by atoms with Gasteiger partial charge in [0, 0.05) is 0 Å². The molecular formula is C13H19N3O4+2. The summed E-state index contributed by atoms with van der Waals surface area (Å²) < 4.78 is 10.5. The van der Waals surface area contributed by atoms with Crippen molar-refractivity contribution in [3.05, 3.63) is 27.8 Å². The van der Waals surface area contributed by atoms with Gasteiger partial charge in [-0.3, -0.25) is 10.1 Å². The summed E-state index contributed by atoms with van der Waals surface area (Å²) in [4.78, 5) is 13.8. The lowest BCUT2D eigenvalue weighted by atomic mass is 10.1. The molecule has 2 heterocycles. The summed E-state index contributed by atoms with van der Waals surface area (Å²) in [6, 6.07) is 3.25. The normalized spacial score (nSPS) is 24.6. The molecule has 1 saturated heterocycles. The summed E-state index contributed by atoms with van der Waals surface area (Å²) in [6.45, 7) is 5.09. The predicted octanol–water partition coefficient (Wildman–Crippen LogP) is -1.76. The SMILES string of the molecule is C[NH+]1CC[NH+](Cc2cc3c(cc2[N+](=O)[O-])OCO3)CC1. The number of likely N-dealkylation sites (N-methyl/N-ethyl adjacent to an activating group) is 1. The van der Waals surface area contributed by atoms with Gasteiger partial charge in [0.2, 0.25) is 6.79 Å². The molecule has 1 aromatic carbocycles. The van der Waals surface area contributed by atoms with Crippen LogP contribution in [-0.2, 0) is 6.54 Å². The van der Waals surface area contributed by atoms with Crippen LogP contribution in [0.4, 0.5) is 5.69 Å². The molecule has 1 fully saturated rings. The highest BCUT2D eigenvalue weighted by Gasteiger charge is 2.27. The molecule has 20 heavy (non-hydrogen) atoms. The van der Waals surface area contributed by atoms with Crippen LogP contribution in [-0.4, -0.2) is 44.9 Å². The molecular weight excluding hydrogens is 262 g/mol. The maximum Gasteiger partial charge on any atom is 0.282 e. The highest BCUT2D eigenvalue weighted by molar-refractivity contribution is 5.54. The van der Waals surface area contributed by atoms with E-state index >= 15 is 0 Å². The Kier molecular flexibility index (Phi) is 3.45. The first-order valence-corrected chi connectivity index (χ1v) is 6.85. The third kappa shape index (κ3) is 2.54. The molecule has 2 N–H and O–H groups in total. The minimum absolute atomic E-state index is 0.132. The second kappa shape index (κ2) is 5.26. The standard InChI is InChI=1S/C13H17N3O4/c1-14-2-4-15(5-3-14)8-10-6-12-13(20-9-19-12)7-11(10)16(17)18/h6-7H,2-5,8-9H2,1H3/p+2. The zero-order chi connectivity index (χ0) is 14.1. The van der Waals surface area contributed by atoms with Gasteiger partial charge in [-0.15, -0.1) is 0 Å². The summed E-state index contributed by atoms with van der Waals surface area (Å²) >= 11 is 0. The van der Waals surface area contributed by atoms with E-state index in [4.69, 9.17) is 9.47 Å². The molecule has 7 heteroatoms. The lowest BCUT2D eigenvalue weighted by Crippen LogP contribution is -3.26. The third-order valence-electron chi connectivity index (χ3n) is 4.02. The van der Waals surface area contributed by atoms with Gasteiger partial charge in [0.25, 0.3) is 5.69 Å². The van der Waals surface area contributed by atoms with Crippen LogP contribution in [0.25, 0.3) is 0 Å². The van der Waals surface area contributed by atoms with E-state index in [1.165, 1.54) is 15.9 Å². The first kappa shape index (κ1) is 13.1. The van der Waals surface area contributed by atoms with Crippen LogP contribution in [0, 0.1) is 10.1 Å². The van der Waals surface area contributed by atoms with Crippen molar-refractivity contribution < 1.29 is 24.2 Å². The topological polar surface area (TPSA) is 70.5 Å². The lowest BCUT2D eigenvalue weighted by Gasteiger charge is -2.27. The van der Waals surface area contributed by atoms with E-state index in [0.717, 1.165) is 31.7 Å². The molecule has 2 aliphatic heterocycles. The molecule has 3 rings (SSSR count). The summed E-state index contributed by atoms with van der Waals surface area (Å²) in [5.41, 5.74) is 0.863. The number of hydrogen-bond acceptors (Lipinski definition) is 4. The summed E-state index contributed by atoms with van der Waals surface area (Å²) in [7, 11) is 2.18. The van der Waals surface area contributed by atoms with Crippen molar-refractivity contribution in [3.63, 3.8) is 0 Å². The number of nitrogens with zero attached hydrogens (tertiary/aromatic N) is 1. The molecule has 0 radical (unpaired) electrons. The monoisotopic (exact) mass is 281 g/mol. The second-order valence-corrected chi connectivity index (χ2v) is 5.48. The summed E-state index contributed by atoms with van der Waals surface area (Å²) in [6.07, 6.45) is 0. The van der Waals surface area contributed by atoms with Crippen LogP contribution in [0.3, 0.4) is 0 Å². The number of rotatable bonds is 3. The average Bonchev–Trinajstić information content (AvgIpc) is 2.87. The molecule has 1 aromatic rings. The van der Waals surface area contributed by atoms with Gasteiger partial charge in [0.1, 0.15) is 32.7 Å². The minimum atomic E-state index is -0.335. The van der Waals surface area contributed by atoms with Crippen molar-refractivity contribution in [1.82, 2.24) is 0 Å². The Morgan fingerprint density at radius 1 is 1.20 bits per heavy atom. The number of nitro groups is 1. The fourth-order valence-electron chi connectivity index (χ4n) is 2.76. The zero-order valence-corrected chi connectivity index (χ0v) is 11.5. The van der Waals surface area contributed by atoms with Gasteiger partial charge in [-0.2, -0.15) is 0 Å². The van der Waals surface area contributed by atoms with E-state index in [0.29, 0.717) is 18.0 Å². The van der Waals surface area contributed by atoms with Crippen LogP contribution in [0.5, 0.6) is 11.5 Å². The molecule has 0 aliphatic carbocycles. The van der Waals surface area contributed by atoms with Crippen molar-refractivity contribution in [2.75, 3.05) is 40.0 Å². The Bertz CT molecular complexity index is 527. The number of nitrogens with one attached hydrogen (secondary N) is 2. The average molecular weight is 281 g/mol. The van der Waals surface area contributed by atoms with Crippen LogP contribution in [0.15, 0.2) is 12.1 Å². The van der Waals surface area contributed by atoms with E-state index in [-0.39, 0.29) is 17.4 Å². The van der Waals surface area contributed by atoms with Crippen molar-refractivity contribution in [1.29, 1.82) is 0 Å². The second-order valence-electron chi connectivity index (χ2n) is 5.48. The fraction of sp³-hybridized carbons (Fsp3) is 0.538. The van der Waals surface area contributed by atoms with Gasteiger partial charge in [-0.25, -0.2) is 0 Å². The van der Waals surface area contributed by atoms with Crippen LogP contribution >= 0.6 is 0 Å². The molecule has 0 saturated carbocycles. The van der Waals surface area contributed by atoms with Crippen LogP contribution in [0.2, 0.25) is 0 Å². The van der Waals surface area contributed by atoms with Crippen molar-refractivity contribution in [3.8, 4) is 11.5 Å². The van der Waals surface area contributed by atoms with Crippen molar-refractivity contribution >= 4 is 5.69 Å². The molecule has 0 bridgehead atoms. The number of nitro benzene ring substituents is 1. The van der Waals surface area contributed by atoms with Crippen molar-refractivity contribution in [2.45, 2.75) is 6.54 Å². The first-order chi connectivity index (χ1) is 9.63. The highest BCUT2D eigenvalue weighted by Crippen LogP contribution is 2.37. The van der Waals surface area contributed by atoms with E-state index in [2.05, 4.69) is 7.05 Å². The third-order valence-corrected chi connectivity index (χ3v) is 4.02. The van der Waals surface area contributed by atoms with E-state index in [9.17, 15) is 10.1 Å². The smallest absolute Gasteiger partial charge is 0.282 e. The maximum absolute atomic E-state index is 11.2. The fourth-order valence-corrected chi connectivity index (χ4v) is 2.76. The summed E-state index contributed by atoms with van der Waals surface area (Å²) in [5, 5.41) is 11.2. The quantitative estimate of drug-likeness (QED) is 0.508. The van der Waals surface area contributed by atoms with Gasteiger partial charge >= 0.3 is 0 Å². The van der Waals surface area contributed by atoms with Gasteiger partial charge in [0.05, 0.1) is 23.6 Å². The Hall–Kier alpha value is -1.86. The number of quaternary nitrogens is 2. The van der Waals surface area contributed by atoms with Gasteiger partial charge in [-0.1, -0.05) is 0 Å². The minimum Gasteiger partial charge on any atom is -0.454 e. The Balaban J connectivity index is 1.82. The van der Waals surface area contributed by atoms with E-state index in [1.807, 2.05) is 0 Å². The van der Waals surface area contributed by atoms with Gasteiger partial charge in [-0.05, 0) is 6.07 Å². The Morgan fingerprint density at radius 2 is 1.85 bits per heavy atom. The number of piperazine rings is 1. The summed E-state index contributed by atoms with van der Waals surface area (Å²) in [5.74, 6) is 1.09. The number of fused-ring (bicyclic) bond motifs is 1. The Morgan fingerprint density at radius 3 is 2.50 bits per heavy atom. The zero-order valence-electron chi connectivity index (χ0n) is 11.5. The first-order valence-electron chi connectivity index (χ1n) is 6.85. The van der Waals surface area contributed by atoms with E-state index < -0.39 is 0 Å². The largest absolute Gasteiger partial charge is 0.454 e. The van der Waals surface area contributed by atoms with Gasteiger partial charge < -0.3 is 19.3 Å². The van der Waals surface area contributed by atoms with Crippen molar-refractivity contribution in [2.24, 2.45) is 0 Å². The Labute approximate surface area is 116 Å². The predicted molar refractivity (Wildman–Crippen MR) is 70.2 cm³/mol. The van der Waals surface area contributed by atoms with E-state index in [1.54, 1.807) is 6.07 Å². The molecule has 0 aromatic heterocycles. The molecule has 0 unspecified atom stereocenters. The molecule has 0 atom stereocenters. The molecule has 7 nitrogen and oxygen atoms in total. The van der Waals surface area contributed by atoms with Crippen LogP contribution in [0.1, 0.15) is 5.56 Å². The maximum atomic E-state index is 11.2. The molecule has 108 valence electrons. The van der Waals surface area contributed by atoms with Gasteiger partial charge in [0.15, 0.2) is 11.5 Å². The molecule has 2 aliphatic rings. The highest BCUT2D eigenvalue weighted by atomic mass is 16.7. The number of hydrogen-bond donors (Lipinski definition) is 2. The molecule has 0 spiro atoms. The molecule has 0 amide bonds. The number of ether oxygens (including phenoxy) is 2. The lowest BCUT2D eigenvalue weighted by molar-refractivity contribution is -1.01. The van der Waals surface area contributed by atoms with Crippen LogP contribution < -0.4 is 19.3 Å². The number of benzene rings is 1.